The lowest BCUT2D eigenvalue weighted by molar-refractivity contribution is 0.130. The fourth-order valence-electron chi connectivity index (χ4n) is 1.08. The van der Waals surface area contributed by atoms with E-state index in [1.165, 1.54) is 19.3 Å². The molecule has 1 heteroatoms. The van der Waals surface area contributed by atoms with Crippen LogP contribution in [0.2, 0.25) is 0 Å². The Kier molecular flexibility index (Phi) is 3.88. The highest BCUT2D eigenvalue weighted by Gasteiger charge is 2.07. The average Bonchev–Trinajstić information content (AvgIpc) is 1.69. The molecule has 1 fully saturated rings. The number of hydrogen-bond acceptors (Lipinski definition) is 1. The molecular weight excluding hydrogens is 100 g/mol. The van der Waals surface area contributed by atoms with Gasteiger partial charge in [0.1, 0.15) is 0 Å². The molecular formula is C7H16O. The van der Waals surface area contributed by atoms with Crippen LogP contribution in [0.5, 0.6) is 0 Å². The van der Waals surface area contributed by atoms with Crippen LogP contribution in [0.1, 0.15) is 39.5 Å². The third-order valence-electron chi connectivity index (χ3n) is 1.57. The molecule has 1 N–H and O–H groups in total. The van der Waals surface area contributed by atoms with Crippen molar-refractivity contribution in [3.8, 4) is 0 Å². The highest BCUT2D eigenvalue weighted by Crippen LogP contribution is 2.16. The van der Waals surface area contributed by atoms with Crippen molar-refractivity contribution < 1.29 is 5.11 Å². The predicted molar refractivity (Wildman–Crippen MR) is 35.8 cm³/mol. The molecule has 0 aromatic heterocycles. The Hall–Kier alpha value is -0.0400. The molecule has 0 spiro atoms. The van der Waals surface area contributed by atoms with Crippen molar-refractivity contribution in [2.75, 3.05) is 0 Å². The summed E-state index contributed by atoms with van der Waals surface area (Å²) in [6.07, 6.45) is 5.92. The molecule has 1 nitrogen and oxygen atoms in total. The number of aliphatic hydroxyl groups is 1. The Morgan fingerprint density at radius 3 is 1.75 bits per heavy atom. The molecule has 1 aliphatic rings. The largest absolute Gasteiger partial charge is 0.393 e. The highest BCUT2D eigenvalue weighted by molar-refractivity contribution is 4.61. The first-order valence-electron chi connectivity index (χ1n) is 3.07. The van der Waals surface area contributed by atoms with Gasteiger partial charge in [0, 0.05) is 0 Å². The average molecular weight is 116 g/mol. The van der Waals surface area contributed by atoms with Crippen LogP contribution < -0.4 is 0 Å². The summed E-state index contributed by atoms with van der Waals surface area (Å²) in [4.78, 5) is 0. The second-order valence-electron chi connectivity index (χ2n) is 2.29. The molecule has 8 heavy (non-hydrogen) atoms. The molecule has 0 unspecified atom stereocenters. The molecule has 0 saturated heterocycles. The van der Waals surface area contributed by atoms with Gasteiger partial charge >= 0.3 is 0 Å². The van der Waals surface area contributed by atoms with Crippen molar-refractivity contribution in [3.63, 3.8) is 0 Å². The van der Waals surface area contributed by atoms with Crippen molar-refractivity contribution >= 4 is 0 Å². The lowest BCUT2D eigenvalue weighted by Gasteiger charge is -2.14. The van der Waals surface area contributed by atoms with Crippen molar-refractivity contribution in [3.05, 3.63) is 0 Å². The van der Waals surface area contributed by atoms with Crippen LogP contribution >= 0.6 is 0 Å². The minimum Gasteiger partial charge on any atom is -0.393 e. The van der Waals surface area contributed by atoms with E-state index in [4.69, 9.17) is 5.11 Å². The van der Waals surface area contributed by atoms with Gasteiger partial charge in [-0.25, -0.2) is 0 Å². The first-order valence-corrected chi connectivity index (χ1v) is 3.07. The third-order valence-corrected chi connectivity index (χ3v) is 1.57. The summed E-state index contributed by atoms with van der Waals surface area (Å²) in [6, 6.07) is 0. The Labute approximate surface area is 51.7 Å². The van der Waals surface area contributed by atoms with E-state index in [0.29, 0.717) is 0 Å². The topological polar surface area (TPSA) is 20.2 Å². The lowest BCUT2D eigenvalue weighted by atomic mass is 9.98. The van der Waals surface area contributed by atoms with Gasteiger partial charge in [0.15, 0.2) is 0 Å². The standard InChI is InChI=1S/C6H12O.CH4/c7-6-4-2-1-3-5-6;/h6-7H,1-5H2;1H4. The van der Waals surface area contributed by atoms with Crippen LogP contribution in [0.4, 0.5) is 0 Å². The summed E-state index contributed by atoms with van der Waals surface area (Å²) >= 11 is 0. The fraction of sp³-hybridized carbons (Fsp3) is 1.00. The summed E-state index contributed by atoms with van der Waals surface area (Å²) in [6.45, 7) is 0. The van der Waals surface area contributed by atoms with Gasteiger partial charge in [0.2, 0.25) is 0 Å². The predicted octanol–water partition coefficient (Wildman–Crippen LogP) is 1.95. The van der Waals surface area contributed by atoms with Gasteiger partial charge in [-0.3, -0.25) is 0 Å². The van der Waals surface area contributed by atoms with Crippen LogP contribution in [-0.4, -0.2) is 11.2 Å². The molecule has 0 atom stereocenters. The Balaban J connectivity index is 0.000000490. The smallest absolute Gasteiger partial charge is 0.0540 e. The quantitative estimate of drug-likeness (QED) is 0.513. The fourth-order valence-corrected chi connectivity index (χ4v) is 1.08. The van der Waals surface area contributed by atoms with Crippen LogP contribution in [0.15, 0.2) is 0 Å². The van der Waals surface area contributed by atoms with E-state index < -0.39 is 0 Å². The Bertz CT molecular complexity index is 46.3. The van der Waals surface area contributed by atoms with Gasteiger partial charge in [-0.15, -0.1) is 0 Å². The molecule has 0 aliphatic heterocycles. The van der Waals surface area contributed by atoms with Crippen LogP contribution in [0.3, 0.4) is 0 Å². The molecule has 0 bridgehead atoms. The van der Waals surface area contributed by atoms with E-state index in [1.807, 2.05) is 0 Å². The maximum absolute atomic E-state index is 8.91. The highest BCUT2D eigenvalue weighted by atomic mass is 16.3. The normalized spacial score (nSPS) is 22.1. The summed E-state index contributed by atoms with van der Waals surface area (Å²) in [7, 11) is 0. The monoisotopic (exact) mass is 116 g/mol. The molecule has 0 aromatic carbocycles. The zero-order valence-electron chi connectivity index (χ0n) is 4.56. The summed E-state index contributed by atoms with van der Waals surface area (Å²) < 4.78 is 0. The van der Waals surface area contributed by atoms with Gasteiger partial charge in [0.25, 0.3) is 0 Å². The van der Waals surface area contributed by atoms with Crippen LogP contribution in [0, 0.1) is 0 Å². The second kappa shape index (κ2) is 3.90. The number of aliphatic hydroxyl groups excluding tert-OH is 1. The van der Waals surface area contributed by atoms with E-state index in [2.05, 4.69) is 0 Å². The number of rotatable bonds is 0. The molecule has 0 radical (unpaired) electrons. The van der Waals surface area contributed by atoms with Crippen molar-refractivity contribution in [2.24, 2.45) is 0 Å². The van der Waals surface area contributed by atoms with Crippen molar-refractivity contribution in [1.82, 2.24) is 0 Å². The minimum atomic E-state index is 0. The van der Waals surface area contributed by atoms with E-state index in [-0.39, 0.29) is 13.5 Å². The van der Waals surface area contributed by atoms with Crippen molar-refractivity contribution in [1.29, 1.82) is 0 Å². The van der Waals surface area contributed by atoms with Gasteiger partial charge in [-0.1, -0.05) is 26.7 Å². The zero-order chi connectivity index (χ0) is 5.11. The van der Waals surface area contributed by atoms with Gasteiger partial charge in [-0.05, 0) is 12.8 Å². The molecule has 50 valence electrons. The Morgan fingerprint density at radius 1 is 1.00 bits per heavy atom. The lowest BCUT2D eigenvalue weighted by Crippen LogP contribution is -2.09. The van der Waals surface area contributed by atoms with Gasteiger partial charge < -0.3 is 5.11 Å². The SMILES string of the molecule is C.OC1CCCCC1. The molecule has 1 saturated carbocycles. The first kappa shape index (κ1) is 7.96. The summed E-state index contributed by atoms with van der Waals surface area (Å²) in [5.41, 5.74) is 0. The van der Waals surface area contributed by atoms with Crippen molar-refractivity contribution in [2.45, 2.75) is 45.6 Å². The zero-order valence-corrected chi connectivity index (χ0v) is 4.56. The molecule has 1 aliphatic carbocycles. The minimum absolute atomic E-state index is 0. The summed E-state index contributed by atoms with van der Waals surface area (Å²) in [5.74, 6) is 0. The van der Waals surface area contributed by atoms with E-state index in [0.717, 1.165) is 12.8 Å². The van der Waals surface area contributed by atoms with Crippen LogP contribution in [0.25, 0.3) is 0 Å². The summed E-state index contributed by atoms with van der Waals surface area (Å²) in [5, 5.41) is 8.91. The van der Waals surface area contributed by atoms with Gasteiger partial charge in [0.05, 0.1) is 6.10 Å². The molecule has 0 heterocycles. The maximum Gasteiger partial charge on any atom is 0.0540 e. The second-order valence-corrected chi connectivity index (χ2v) is 2.29. The molecule has 0 amide bonds. The van der Waals surface area contributed by atoms with E-state index >= 15 is 0 Å². The number of hydrogen-bond donors (Lipinski definition) is 1. The third kappa shape index (κ3) is 2.31. The van der Waals surface area contributed by atoms with Crippen LogP contribution in [-0.2, 0) is 0 Å². The Morgan fingerprint density at radius 2 is 1.50 bits per heavy atom. The van der Waals surface area contributed by atoms with E-state index in [1.54, 1.807) is 0 Å². The van der Waals surface area contributed by atoms with Gasteiger partial charge in [-0.2, -0.15) is 0 Å². The molecule has 1 rings (SSSR count). The first-order chi connectivity index (χ1) is 3.39. The molecule has 0 aromatic rings. The van der Waals surface area contributed by atoms with E-state index in [9.17, 15) is 0 Å². The maximum atomic E-state index is 8.91.